The average Bonchev–Trinajstić information content (AvgIpc) is 2.53. The summed E-state index contributed by atoms with van der Waals surface area (Å²) in [5.41, 5.74) is 0.628. The van der Waals surface area contributed by atoms with Gasteiger partial charge in [0.15, 0.2) is 12.0 Å². The van der Waals surface area contributed by atoms with Crippen LogP contribution >= 0.6 is 11.8 Å². The lowest BCUT2D eigenvalue weighted by Gasteiger charge is -2.13. The highest BCUT2D eigenvalue weighted by molar-refractivity contribution is 8.00. The Bertz CT molecular complexity index is 613. The van der Waals surface area contributed by atoms with Crippen molar-refractivity contribution in [3.8, 4) is 5.75 Å². The summed E-state index contributed by atoms with van der Waals surface area (Å²) in [7, 11) is 1.59. The minimum absolute atomic E-state index is 0.0222. The number of aromatic nitrogens is 1. The zero-order valence-electron chi connectivity index (χ0n) is 12.0. The maximum absolute atomic E-state index is 12.5. The van der Waals surface area contributed by atoms with Crippen LogP contribution in [0.2, 0.25) is 0 Å². The Hall–Kier alpha value is -2.01. The lowest BCUT2D eigenvalue weighted by atomic mass is 10.1. The predicted octanol–water partition coefficient (Wildman–Crippen LogP) is 3.08. The van der Waals surface area contributed by atoms with E-state index in [1.54, 1.807) is 49.6 Å². The molecule has 0 amide bonds. The first kappa shape index (κ1) is 15.4. The third-order valence-corrected chi connectivity index (χ3v) is 4.48. The van der Waals surface area contributed by atoms with Gasteiger partial charge in [-0.1, -0.05) is 6.92 Å². The Morgan fingerprint density at radius 2 is 2.00 bits per heavy atom. The van der Waals surface area contributed by atoms with Crippen molar-refractivity contribution in [3.05, 3.63) is 59.4 Å². The molecule has 1 heterocycles. The van der Waals surface area contributed by atoms with Gasteiger partial charge in [-0.2, -0.15) is 4.73 Å². The zero-order chi connectivity index (χ0) is 15.2. The summed E-state index contributed by atoms with van der Waals surface area (Å²) in [5, 5.41) is 11.9. The number of carbonyl (C=O) groups is 1. The van der Waals surface area contributed by atoms with E-state index < -0.39 is 0 Å². The van der Waals surface area contributed by atoms with E-state index in [0.29, 0.717) is 22.8 Å². The fourth-order valence-electron chi connectivity index (χ4n) is 1.91. The molecule has 2 aromatic rings. The smallest absolute Gasteiger partial charge is 0.252 e. The molecule has 0 spiro atoms. The maximum atomic E-state index is 12.5. The first-order valence-electron chi connectivity index (χ1n) is 6.68. The largest absolute Gasteiger partial charge is 0.618 e. The van der Waals surface area contributed by atoms with Gasteiger partial charge in [0.25, 0.3) is 5.03 Å². The fourth-order valence-corrected chi connectivity index (χ4v) is 2.94. The molecule has 21 heavy (non-hydrogen) atoms. The molecule has 5 heteroatoms. The van der Waals surface area contributed by atoms with Gasteiger partial charge in [-0.3, -0.25) is 4.79 Å². The highest BCUT2D eigenvalue weighted by Gasteiger charge is 2.22. The monoisotopic (exact) mass is 303 g/mol. The van der Waals surface area contributed by atoms with Gasteiger partial charge < -0.3 is 9.94 Å². The van der Waals surface area contributed by atoms with Crippen LogP contribution in [0, 0.1) is 5.21 Å². The third kappa shape index (κ3) is 3.76. The number of nitrogens with zero attached hydrogens (tertiary/aromatic N) is 1. The summed E-state index contributed by atoms with van der Waals surface area (Å²) in [6.07, 6.45) is 2.09. The normalized spacial score (nSPS) is 11.9. The number of ketones is 1. The number of Topliss-reactive ketones (excluding diaryl/α,β-unsaturated/α-hetero) is 1. The number of pyridine rings is 1. The van der Waals surface area contributed by atoms with Crippen LogP contribution in [0.5, 0.6) is 5.75 Å². The Kier molecular flexibility index (Phi) is 5.22. The molecule has 0 aliphatic carbocycles. The second-order valence-corrected chi connectivity index (χ2v) is 5.70. The lowest BCUT2D eigenvalue weighted by molar-refractivity contribution is -0.645. The van der Waals surface area contributed by atoms with E-state index in [1.165, 1.54) is 18.0 Å². The maximum Gasteiger partial charge on any atom is 0.252 e. The summed E-state index contributed by atoms with van der Waals surface area (Å²) >= 11 is 1.30. The van der Waals surface area contributed by atoms with Crippen molar-refractivity contribution >= 4 is 17.5 Å². The van der Waals surface area contributed by atoms with Crippen LogP contribution in [0.3, 0.4) is 0 Å². The first-order valence-corrected chi connectivity index (χ1v) is 7.56. The van der Waals surface area contributed by atoms with Crippen LogP contribution in [-0.2, 0) is 0 Å². The molecule has 110 valence electrons. The molecule has 0 bridgehead atoms. The van der Waals surface area contributed by atoms with Crippen molar-refractivity contribution in [3.63, 3.8) is 0 Å². The SMILES string of the molecule is CCC(Sc1cccc[n+]1[O-])C(=O)c1ccc(OC)cc1. The van der Waals surface area contributed by atoms with Gasteiger partial charge in [0.1, 0.15) is 5.75 Å². The fraction of sp³-hybridized carbons (Fsp3) is 0.250. The first-order chi connectivity index (χ1) is 10.2. The van der Waals surface area contributed by atoms with E-state index in [-0.39, 0.29) is 11.0 Å². The van der Waals surface area contributed by atoms with E-state index in [4.69, 9.17) is 4.74 Å². The van der Waals surface area contributed by atoms with Gasteiger partial charge in [0.05, 0.1) is 12.4 Å². The Labute approximate surface area is 128 Å². The van der Waals surface area contributed by atoms with Crippen LogP contribution in [0.4, 0.5) is 0 Å². The molecule has 1 aromatic carbocycles. The molecule has 0 radical (unpaired) electrons. The molecule has 0 aliphatic heterocycles. The van der Waals surface area contributed by atoms with Crippen LogP contribution in [0.25, 0.3) is 0 Å². The third-order valence-electron chi connectivity index (χ3n) is 3.09. The summed E-state index contributed by atoms with van der Waals surface area (Å²) in [6.45, 7) is 1.94. The Balaban J connectivity index is 2.16. The second kappa shape index (κ2) is 7.13. The van der Waals surface area contributed by atoms with E-state index in [0.717, 1.165) is 4.73 Å². The van der Waals surface area contributed by atoms with Gasteiger partial charge in [-0.25, -0.2) is 0 Å². The van der Waals surface area contributed by atoms with Crippen LogP contribution in [0.15, 0.2) is 53.7 Å². The number of thioether (sulfide) groups is 1. The molecule has 0 aliphatic rings. The number of ether oxygens (including phenoxy) is 1. The summed E-state index contributed by atoms with van der Waals surface area (Å²) in [4.78, 5) is 12.5. The topological polar surface area (TPSA) is 53.2 Å². The van der Waals surface area contributed by atoms with Crippen LogP contribution < -0.4 is 9.47 Å². The minimum Gasteiger partial charge on any atom is -0.618 e. The van der Waals surface area contributed by atoms with Crippen molar-refractivity contribution in [2.45, 2.75) is 23.6 Å². The molecule has 1 aromatic heterocycles. The summed E-state index contributed by atoms with van der Waals surface area (Å²) in [6, 6.07) is 12.2. The quantitative estimate of drug-likeness (QED) is 0.356. The highest BCUT2D eigenvalue weighted by atomic mass is 32.2. The van der Waals surface area contributed by atoms with Gasteiger partial charge in [-0.15, -0.1) is 0 Å². The molecular weight excluding hydrogens is 286 g/mol. The Morgan fingerprint density at radius 1 is 1.29 bits per heavy atom. The number of benzene rings is 1. The van der Waals surface area contributed by atoms with E-state index in [2.05, 4.69) is 0 Å². The standard InChI is InChI=1S/C16H17NO3S/c1-3-14(21-15-6-4-5-11-17(15)19)16(18)12-7-9-13(20-2)10-8-12/h4-11,14H,3H2,1-2H3. The molecular formula is C16H17NO3S. The van der Waals surface area contributed by atoms with Crippen molar-refractivity contribution < 1.29 is 14.3 Å². The van der Waals surface area contributed by atoms with Gasteiger partial charge in [0, 0.05) is 17.7 Å². The Morgan fingerprint density at radius 3 is 2.57 bits per heavy atom. The number of rotatable bonds is 6. The van der Waals surface area contributed by atoms with Crippen LogP contribution in [-0.4, -0.2) is 18.1 Å². The van der Waals surface area contributed by atoms with E-state index in [1.807, 2.05) is 6.92 Å². The number of methoxy groups -OCH3 is 1. The summed E-state index contributed by atoms with van der Waals surface area (Å²) < 4.78 is 5.87. The molecule has 0 saturated carbocycles. The van der Waals surface area contributed by atoms with Crippen molar-refractivity contribution in [1.29, 1.82) is 0 Å². The van der Waals surface area contributed by atoms with E-state index >= 15 is 0 Å². The van der Waals surface area contributed by atoms with Crippen molar-refractivity contribution in [2.24, 2.45) is 0 Å². The second-order valence-electron chi connectivity index (χ2n) is 4.47. The molecule has 1 unspecified atom stereocenters. The molecule has 0 fully saturated rings. The minimum atomic E-state index is -0.277. The van der Waals surface area contributed by atoms with Gasteiger partial charge >= 0.3 is 0 Å². The highest BCUT2D eigenvalue weighted by Crippen LogP contribution is 2.26. The van der Waals surface area contributed by atoms with Crippen LogP contribution in [0.1, 0.15) is 23.7 Å². The molecule has 0 saturated heterocycles. The van der Waals surface area contributed by atoms with Crippen molar-refractivity contribution in [2.75, 3.05) is 7.11 Å². The predicted molar refractivity (Wildman–Crippen MR) is 82.7 cm³/mol. The average molecular weight is 303 g/mol. The lowest BCUT2D eigenvalue weighted by Crippen LogP contribution is -2.29. The number of hydrogen-bond acceptors (Lipinski definition) is 4. The molecule has 0 N–H and O–H groups in total. The summed E-state index contributed by atoms with van der Waals surface area (Å²) in [5.74, 6) is 0.738. The number of hydrogen-bond donors (Lipinski definition) is 0. The van der Waals surface area contributed by atoms with Gasteiger partial charge in [0.2, 0.25) is 0 Å². The van der Waals surface area contributed by atoms with E-state index in [9.17, 15) is 10.0 Å². The molecule has 2 rings (SSSR count). The van der Waals surface area contributed by atoms with Crippen molar-refractivity contribution in [1.82, 2.24) is 0 Å². The number of carbonyl (C=O) groups excluding carboxylic acids is 1. The molecule has 1 atom stereocenters. The molecule has 4 nitrogen and oxygen atoms in total. The van der Waals surface area contributed by atoms with Gasteiger partial charge in [-0.05, 0) is 48.5 Å². The zero-order valence-corrected chi connectivity index (χ0v) is 12.8.